The number of amides is 1. The third-order valence-corrected chi connectivity index (χ3v) is 5.30. The van der Waals surface area contributed by atoms with Crippen molar-refractivity contribution in [3.05, 3.63) is 35.4 Å². The van der Waals surface area contributed by atoms with Crippen molar-refractivity contribution in [3.63, 3.8) is 0 Å². The van der Waals surface area contributed by atoms with E-state index in [0.717, 1.165) is 38.9 Å². The van der Waals surface area contributed by atoms with Crippen LogP contribution in [0.15, 0.2) is 24.3 Å². The van der Waals surface area contributed by atoms with Crippen molar-refractivity contribution in [2.24, 2.45) is 0 Å². The number of benzene rings is 1. The molecule has 1 atom stereocenters. The fraction of sp³-hybridized carbons (Fsp3) is 0.667. The molecule has 140 valence electrons. The Morgan fingerprint density at radius 1 is 1.28 bits per heavy atom. The first-order valence-corrected chi connectivity index (χ1v) is 9.81. The molecular weight excluding hydrogens is 310 g/mol. The van der Waals surface area contributed by atoms with Crippen LogP contribution in [0.2, 0.25) is 0 Å². The maximum atomic E-state index is 12.7. The van der Waals surface area contributed by atoms with E-state index in [2.05, 4.69) is 67.2 Å². The smallest absolute Gasteiger partial charge is 0.237 e. The standard InChI is InChI=1S/C21H35N3O/c1-5-13-24-14-9-8-12-20(24)21(25)22-15-18-10-6-7-11-19(18)16-23(4)17(2)3/h6-7,10-11,17,20H,5,8-9,12-16H2,1-4H3,(H,22,25). The van der Waals surface area contributed by atoms with Gasteiger partial charge in [-0.2, -0.15) is 0 Å². The topological polar surface area (TPSA) is 35.6 Å². The summed E-state index contributed by atoms with van der Waals surface area (Å²) in [5.41, 5.74) is 2.52. The highest BCUT2D eigenvalue weighted by Gasteiger charge is 2.27. The summed E-state index contributed by atoms with van der Waals surface area (Å²) < 4.78 is 0. The van der Waals surface area contributed by atoms with Crippen molar-refractivity contribution in [1.29, 1.82) is 0 Å². The zero-order chi connectivity index (χ0) is 18.2. The number of carbonyl (C=O) groups excluding carboxylic acids is 1. The van der Waals surface area contributed by atoms with E-state index in [9.17, 15) is 4.79 Å². The Hall–Kier alpha value is -1.39. The lowest BCUT2D eigenvalue weighted by molar-refractivity contribution is -0.127. The lowest BCUT2D eigenvalue weighted by atomic mass is 10.0. The second-order valence-corrected chi connectivity index (χ2v) is 7.54. The minimum Gasteiger partial charge on any atom is -0.351 e. The second kappa shape index (κ2) is 9.93. The van der Waals surface area contributed by atoms with Crippen molar-refractivity contribution in [1.82, 2.24) is 15.1 Å². The summed E-state index contributed by atoms with van der Waals surface area (Å²) >= 11 is 0. The van der Waals surface area contributed by atoms with Crippen LogP contribution in [0.4, 0.5) is 0 Å². The molecule has 1 unspecified atom stereocenters. The van der Waals surface area contributed by atoms with Gasteiger partial charge in [-0.05, 0) is 64.4 Å². The van der Waals surface area contributed by atoms with Gasteiger partial charge in [-0.15, -0.1) is 0 Å². The zero-order valence-corrected chi connectivity index (χ0v) is 16.4. The number of likely N-dealkylation sites (tertiary alicyclic amines) is 1. The van der Waals surface area contributed by atoms with Gasteiger partial charge in [-0.25, -0.2) is 0 Å². The molecule has 4 heteroatoms. The summed E-state index contributed by atoms with van der Waals surface area (Å²) in [5, 5.41) is 3.20. The van der Waals surface area contributed by atoms with E-state index in [0.29, 0.717) is 12.6 Å². The van der Waals surface area contributed by atoms with Crippen LogP contribution in [-0.4, -0.2) is 47.9 Å². The number of hydrogen-bond donors (Lipinski definition) is 1. The normalized spacial score (nSPS) is 18.7. The molecule has 1 saturated heterocycles. The Labute approximate surface area is 153 Å². The molecular formula is C21H35N3O. The third kappa shape index (κ3) is 5.82. The van der Waals surface area contributed by atoms with Gasteiger partial charge in [0.15, 0.2) is 0 Å². The first-order chi connectivity index (χ1) is 12.0. The summed E-state index contributed by atoms with van der Waals surface area (Å²) in [6.07, 6.45) is 4.47. The molecule has 0 bridgehead atoms. The summed E-state index contributed by atoms with van der Waals surface area (Å²) in [6, 6.07) is 9.01. The number of nitrogens with one attached hydrogen (secondary N) is 1. The minimum absolute atomic E-state index is 0.0548. The van der Waals surface area contributed by atoms with Crippen LogP contribution in [-0.2, 0) is 17.9 Å². The Bertz CT molecular complexity index is 542. The minimum atomic E-state index is 0.0548. The lowest BCUT2D eigenvalue weighted by Crippen LogP contribution is -2.49. The molecule has 0 radical (unpaired) electrons. The number of piperidine rings is 1. The van der Waals surface area contributed by atoms with Gasteiger partial charge in [-0.1, -0.05) is 37.6 Å². The predicted octanol–water partition coefficient (Wildman–Crippen LogP) is 3.41. The van der Waals surface area contributed by atoms with Crippen LogP contribution < -0.4 is 5.32 Å². The van der Waals surface area contributed by atoms with Crippen LogP contribution in [0.3, 0.4) is 0 Å². The molecule has 1 N–H and O–H groups in total. The maximum Gasteiger partial charge on any atom is 0.237 e. The average molecular weight is 346 g/mol. The summed E-state index contributed by atoms with van der Waals surface area (Å²) in [4.78, 5) is 17.4. The molecule has 2 rings (SSSR count). The summed E-state index contributed by atoms with van der Waals surface area (Å²) in [5.74, 6) is 0.195. The van der Waals surface area contributed by atoms with Gasteiger partial charge in [0.25, 0.3) is 0 Å². The van der Waals surface area contributed by atoms with E-state index in [4.69, 9.17) is 0 Å². The van der Waals surface area contributed by atoms with E-state index in [-0.39, 0.29) is 11.9 Å². The van der Waals surface area contributed by atoms with Gasteiger partial charge in [0.1, 0.15) is 0 Å². The zero-order valence-electron chi connectivity index (χ0n) is 16.4. The van der Waals surface area contributed by atoms with Gasteiger partial charge < -0.3 is 5.32 Å². The lowest BCUT2D eigenvalue weighted by Gasteiger charge is -2.34. The SMILES string of the molecule is CCCN1CCCCC1C(=O)NCc1ccccc1CN(C)C(C)C. The van der Waals surface area contributed by atoms with Crippen LogP contribution in [0.25, 0.3) is 0 Å². The predicted molar refractivity (Wildman–Crippen MR) is 104 cm³/mol. The Kier molecular flexibility index (Phi) is 7.91. The van der Waals surface area contributed by atoms with E-state index in [1.165, 1.54) is 17.5 Å². The highest BCUT2D eigenvalue weighted by molar-refractivity contribution is 5.81. The monoisotopic (exact) mass is 345 g/mol. The molecule has 0 aliphatic carbocycles. The van der Waals surface area contributed by atoms with E-state index >= 15 is 0 Å². The van der Waals surface area contributed by atoms with E-state index in [1.807, 2.05) is 0 Å². The summed E-state index contributed by atoms with van der Waals surface area (Å²) in [7, 11) is 2.14. The van der Waals surface area contributed by atoms with E-state index in [1.54, 1.807) is 0 Å². The number of nitrogens with zero attached hydrogens (tertiary/aromatic N) is 2. The van der Waals surface area contributed by atoms with Gasteiger partial charge in [-0.3, -0.25) is 14.6 Å². The van der Waals surface area contributed by atoms with Gasteiger partial charge >= 0.3 is 0 Å². The van der Waals surface area contributed by atoms with Crippen LogP contribution in [0.5, 0.6) is 0 Å². The molecule has 0 aromatic heterocycles. The van der Waals surface area contributed by atoms with Crippen molar-refractivity contribution in [2.75, 3.05) is 20.1 Å². The van der Waals surface area contributed by atoms with Gasteiger partial charge in [0.05, 0.1) is 6.04 Å². The molecule has 1 aromatic rings. The molecule has 1 aliphatic heterocycles. The highest BCUT2D eigenvalue weighted by atomic mass is 16.2. The fourth-order valence-electron chi connectivity index (χ4n) is 3.48. The quantitative estimate of drug-likeness (QED) is 0.784. The van der Waals surface area contributed by atoms with Crippen molar-refractivity contribution in [2.45, 2.75) is 71.6 Å². The first kappa shape index (κ1) is 19.9. The fourth-order valence-corrected chi connectivity index (χ4v) is 3.48. The largest absolute Gasteiger partial charge is 0.351 e. The molecule has 25 heavy (non-hydrogen) atoms. The molecule has 1 heterocycles. The van der Waals surface area contributed by atoms with Gasteiger partial charge in [0, 0.05) is 19.1 Å². The number of carbonyl (C=O) groups is 1. The molecule has 1 amide bonds. The molecule has 0 spiro atoms. The molecule has 4 nitrogen and oxygen atoms in total. The Morgan fingerprint density at radius 3 is 2.68 bits per heavy atom. The van der Waals surface area contributed by atoms with Crippen molar-refractivity contribution >= 4 is 5.91 Å². The Balaban J connectivity index is 1.97. The van der Waals surface area contributed by atoms with Gasteiger partial charge in [0.2, 0.25) is 5.91 Å². The van der Waals surface area contributed by atoms with Crippen molar-refractivity contribution < 1.29 is 4.79 Å². The molecule has 1 fully saturated rings. The van der Waals surface area contributed by atoms with Crippen LogP contribution in [0.1, 0.15) is 57.6 Å². The first-order valence-electron chi connectivity index (χ1n) is 9.81. The highest BCUT2D eigenvalue weighted by Crippen LogP contribution is 2.18. The summed E-state index contributed by atoms with van der Waals surface area (Å²) in [6.45, 7) is 10.2. The second-order valence-electron chi connectivity index (χ2n) is 7.54. The molecule has 1 aromatic carbocycles. The van der Waals surface area contributed by atoms with Crippen LogP contribution in [0, 0.1) is 0 Å². The third-order valence-electron chi connectivity index (χ3n) is 5.30. The van der Waals surface area contributed by atoms with Crippen molar-refractivity contribution in [3.8, 4) is 0 Å². The average Bonchev–Trinajstić information content (AvgIpc) is 2.61. The Morgan fingerprint density at radius 2 is 2.00 bits per heavy atom. The molecule has 0 saturated carbocycles. The molecule has 1 aliphatic rings. The maximum absolute atomic E-state index is 12.7. The number of rotatable bonds is 8. The van der Waals surface area contributed by atoms with E-state index < -0.39 is 0 Å². The van der Waals surface area contributed by atoms with Crippen LogP contribution >= 0.6 is 0 Å². The number of hydrogen-bond acceptors (Lipinski definition) is 3.